The highest BCUT2D eigenvalue weighted by Gasteiger charge is 2.23. The lowest BCUT2D eigenvalue weighted by atomic mass is 10.1. The van der Waals surface area contributed by atoms with Gasteiger partial charge in [-0.2, -0.15) is 0 Å². The fourth-order valence-corrected chi connectivity index (χ4v) is 4.24. The molecule has 2 aromatic carbocycles. The van der Waals surface area contributed by atoms with Gasteiger partial charge >= 0.3 is 0 Å². The first-order valence-electron chi connectivity index (χ1n) is 9.60. The number of hydrogen-bond donors (Lipinski definition) is 2. The van der Waals surface area contributed by atoms with Gasteiger partial charge in [-0.1, -0.05) is 30.3 Å². The zero-order valence-electron chi connectivity index (χ0n) is 16.7. The molecule has 3 rings (SSSR count). The minimum atomic E-state index is -0.310. The van der Waals surface area contributed by atoms with Crippen LogP contribution in [0.25, 0.3) is 0 Å². The molecule has 0 saturated heterocycles. The molecule has 3 amide bonds. The molecule has 0 aliphatic carbocycles. The third-order valence-electron chi connectivity index (χ3n) is 4.79. The Morgan fingerprint density at radius 3 is 2.45 bits per heavy atom. The first kappa shape index (κ1) is 20.9. The zero-order valence-corrected chi connectivity index (χ0v) is 17.5. The number of para-hydroxylation sites is 2. The van der Waals surface area contributed by atoms with Crippen LogP contribution in [0.1, 0.15) is 24.0 Å². The van der Waals surface area contributed by atoms with E-state index in [4.69, 9.17) is 0 Å². The zero-order chi connectivity index (χ0) is 20.8. The van der Waals surface area contributed by atoms with Crippen LogP contribution in [0.4, 0.5) is 11.4 Å². The van der Waals surface area contributed by atoms with E-state index in [2.05, 4.69) is 10.6 Å². The van der Waals surface area contributed by atoms with Gasteiger partial charge in [0.25, 0.3) is 0 Å². The van der Waals surface area contributed by atoms with Gasteiger partial charge in [-0.25, -0.2) is 0 Å². The number of rotatable bonds is 6. The summed E-state index contributed by atoms with van der Waals surface area (Å²) in [4.78, 5) is 39.6. The Balaban J connectivity index is 1.46. The summed E-state index contributed by atoms with van der Waals surface area (Å²) in [6.07, 6.45) is 0.171. The van der Waals surface area contributed by atoms with Crippen molar-refractivity contribution in [3.05, 3.63) is 53.6 Å². The van der Waals surface area contributed by atoms with E-state index in [0.29, 0.717) is 6.54 Å². The molecule has 29 heavy (non-hydrogen) atoms. The van der Waals surface area contributed by atoms with Crippen molar-refractivity contribution in [1.29, 1.82) is 0 Å². The lowest BCUT2D eigenvalue weighted by molar-refractivity contribution is -0.126. The van der Waals surface area contributed by atoms with Crippen LogP contribution in [0.5, 0.6) is 0 Å². The number of fused-ring (bicyclic) bond motifs is 1. The van der Waals surface area contributed by atoms with Crippen molar-refractivity contribution < 1.29 is 14.4 Å². The average molecular weight is 412 g/mol. The number of nitrogens with one attached hydrogen (secondary N) is 2. The number of benzene rings is 2. The summed E-state index contributed by atoms with van der Waals surface area (Å²) in [5, 5.41) is 5.42. The van der Waals surface area contributed by atoms with Crippen molar-refractivity contribution in [3.8, 4) is 0 Å². The van der Waals surface area contributed by atoms with E-state index in [1.807, 2.05) is 56.3 Å². The molecule has 0 aromatic heterocycles. The van der Waals surface area contributed by atoms with Gasteiger partial charge in [-0.15, -0.1) is 11.8 Å². The third-order valence-corrected chi connectivity index (χ3v) is 5.83. The standard InChI is InChI=1S/C22H25N3O3S/c1-15-6-5-7-16(2)22(15)24-20(27)14-23-19(26)10-11-21(28)25-12-13-29-18-9-4-3-8-17(18)25/h3-9H,10-14H2,1-2H3,(H,23,26)(H,24,27). The summed E-state index contributed by atoms with van der Waals surface area (Å²) in [5.41, 5.74) is 3.61. The average Bonchev–Trinajstić information content (AvgIpc) is 2.72. The summed E-state index contributed by atoms with van der Waals surface area (Å²) in [7, 11) is 0. The van der Waals surface area contributed by atoms with Gasteiger partial charge in [-0.3, -0.25) is 14.4 Å². The Labute approximate surface area is 175 Å². The van der Waals surface area contributed by atoms with Crippen LogP contribution in [-0.4, -0.2) is 36.6 Å². The number of amides is 3. The van der Waals surface area contributed by atoms with Gasteiger partial charge in [0, 0.05) is 35.7 Å². The highest BCUT2D eigenvalue weighted by atomic mass is 32.2. The molecule has 0 atom stereocenters. The van der Waals surface area contributed by atoms with Crippen LogP contribution in [-0.2, 0) is 14.4 Å². The molecule has 2 aromatic rings. The molecule has 0 spiro atoms. The molecule has 0 unspecified atom stereocenters. The van der Waals surface area contributed by atoms with Gasteiger partial charge in [0.15, 0.2) is 0 Å². The third kappa shape index (κ3) is 5.38. The number of aryl methyl sites for hydroxylation is 2. The van der Waals surface area contributed by atoms with E-state index in [0.717, 1.165) is 33.2 Å². The fourth-order valence-electron chi connectivity index (χ4n) is 3.25. The van der Waals surface area contributed by atoms with Gasteiger partial charge < -0.3 is 15.5 Å². The Kier molecular flexibility index (Phi) is 6.93. The number of carbonyl (C=O) groups excluding carboxylic acids is 3. The minimum Gasteiger partial charge on any atom is -0.347 e. The smallest absolute Gasteiger partial charge is 0.243 e. The number of thioether (sulfide) groups is 1. The molecule has 7 heteroatoms. The molecule has 6 nitrogen and oxygen atoms in total. The van der Waals surface area contributed by atoms with E-state index in [1.165, 1.54) is 0 Å². The molecule has 0 bridgehead atoms. The Morgan fingerprint density at radius 2 is 1.69 bits per heavy atom. The summed E-state index contributed by atoms with van der Waals surface area (Å²) >= 11 is 1.73. The van der Waals surface area contributed by atoms with Crippen LogP contribution in [0.3, 0.4) is 0 Å². The van der Waals surface area contributed by atoms with Crippen LogP contribution < -0.4 is 15.5 Å². The van der Waals surface area contributed by atoms with Gasteiger partial charge in [0.2, 0.25) is 17.7 Å². The van der Waals surface area contributed by atoms with Gasteiger partial charge in [-0.05, 0) is 37.1 Å². The van der Waals surface area contributed by atoms with Crippen LogP contribution >= 0.6 is 11.8 Å². The van der Waals surface area contributed by atoms with Crippen LogP contribution in [0.2, 0.25) is 0 Å². The quantitative estimate of drug-likeness (QED) is 0.765. The van der Waals surface area contributed by atoms with Crippen molar-refractivity contribution in [2.45, 2.75) is 31.6 Å². The van der Waals surface area contributed by atoms with Crippen LogP contribution in [0.15, 0.2) is 47.4 Å². The highest BCUT2D eigenvalue weighted by molar-refractivity contribution is 7.99. The van der Waals surface area contributed by atoms with E-state index >= 15 is 0 Å². The maximum Gasteiger partial charge on any atom is 0.243 e. The largest absolute Gasteiger partial charge is 0.347 e. The maximum absolute atomic E-state index is 12.6. The number of nitrogens with zero attached hydrogens (tertiary/aromatic N) is 1. The summed E-state index contributed by atoms with van der Waals surface area (Å²) < 4.78 is 0. The number of carbonyl (C=O) groups is 3. The maximum atomic E-state index is 12.6. The normalized spacial score (nSPS) is 12.8. The Bertz CT molecular complexity index is 909. The van der Waals surface area contributed by atoms with Crippen molar-refractivity contribution in [3.63, 3.8) is 0 Å². The second-order valence-corrected chi connectivity index (χ2v) is 8.09. The minimum absolute atomic E-state index is 0.0569. The highest BCUT2D eigenvalue weighted by Crippen LogP contribution is 2.34. The van der Waals surface area contributed by atoms with E-state index in [-0.39, 0.29) is 37.1 Å². The second-order valence-electron chi connectivity index (χ2n) is 6.95. The fraction of sp³-hybridized carbons (Fsp3) is 0.318. The topological polar surface area (TPSA) is 78.5 Å². The molecule has 2 N–H and O–H groups in total. The van der Waals surface area contributed by atoms with Crippen molar-refractivity contribution in [1.82, 2.24) is 5.32 Å². The van der Waals surface area contributed by atoms with Crippen LogP contribution in [0, 0.1) is 13.8 Å². The van der Waals surface area contributed by atoms with Crippen molar-refractivity contribution >= 4 is 40.9 Å². The molecular formula is C22H25N3O3S. The summed E-state index contributed by atoms with van der Waals surface area (Å²) in [6, 6.07) is 13.6. The van der Waals surface area contributed by atoms with E-state index in [9.17, 15) is 14.4 Å². The molecule has 1 aliphatic heterocycles. The predicted molar refractivity (Wildman–Crippen MR) is 116 cm³/mol. The molecule has 0 radical (unpaired) electrons. The number of hydrogen-bond acceptors (Lipinski definition) is 4. The lowest BCUT2D eigenvalue weighted by Crippen LogP contribution is -2.37. The van der Waals surface area contributed by atoms with E-state index < -0.39 is 0 Å². The molecule has 152 valence electrons. The van der Waals surface area contributed by atoms with Gasteiger partial charge in [0.05, 0.1) is 12.2 Å². The first-order valence-corrected chi connectivity index (χ1v) is 10.6. The van der Waals surface area contributed by atoms with Crippen molar-refractivity contribution in [2.24, 2.45) is 0 Å². The molecule has 0 saturated carbocycles. The van der Waals surface area contributed by atoms with E-state index in [1.54, 1.807) is 16.7 Å². The molecule has 1 heterocycles. The first-order chi connectivity index (χ1) is 14.0. The van der Waals surface area contributed by atoms with Crippen molar-refractivity contribution in [2.75, 3.05) is 29.1 Å². The predicted octanol–water partition coefficient (Wildman–Crippen LogP) is 3.28. The monoisotopic (exact) mass is 411 g/mol. The summed E-state index contributed by atoms with van der Waals surface area (Å²) in [5.74, 6) is 0.166. The number of anilines is 2. The summed E-state index contributed by atoms with van der Waals surface area (Å²) in [6.45, 7) is 4.36. The SMILES string of the molecule is Cc1cccc(C)c1NC(=O)CNC(=O)CCC(=O)N1CCSc2ccccc21. The lowest BCUT2D eigenvalue weighted by Gasteiger charge is -2.29. The Morgan fingerprint density at radius 1 is 0.966 bits per heavy atom. The molecule has 0 fully saturated rings. The van der Waals surface area contributed by atoms with Gasteiger partial charge in [0.1, 0.15) is 0 Å². The molecular weight excluding hydrogens is 386 g/mol. The second kappa shape index (κ2) is 9.60. The molecule has 1 aliphatic rings. The Hall–Kier alpha value is -2.80.